The molecule has 2 nitrogen and oxygen atoms in total. The number of rotatable bonds is 9. The van der Waals surface area contributed by atoms with Crippen LogP contribution in [-0.2, 0) is 4.79 Å². The second kappa shape index (κ2) is 9.95. The lowest BCUT2D eigenvalue weighted by atomic mass is 9.86. The van der Waals surface area contributed by atoms with Crippen LogP contribution in [0.1, 0.15) is 72.1 Å². The van der Waals surface area contributed by atoms with Gasteiger partial charge in [-0.05, 0) is 6.42 Å². The van der Waals surface area contributed by atoms with Crippen LogP contribution in [0, 0.1) is 5.41 Å². The van der Waals surface area contributed by atoms with Gasteiger partial charge in [0, 0.05) is 5.41 Å². The minimum atomic E-state index is -0.316. The maximum absolute atomic E-state index is 11.0. The predicted molar refractivity (Wildman–Crippen MR) is 72.8 cm³/mol. The zero-order valence-electron chi connectivity index (χ0n) is 11.1. The van der Waals surface area contributed by atoms with Gasteiger partial charge in [-0.1, -0.05) is 65.7 Å². The summed E-state index contributed by atoms with van der Waals surface area (Å²) < 4.78 is 0. The molecule has 0 atom stereocenters. The topological polar surface area (TPSA) is 43.1 Å². The number of carbonyl (C=O) groups excluding carboxylic acids is 1. The van der Waals surface area contributed by atoms with Crippen molar-refractivity contribution in [1.29, 1.82) is 0 Å². The fourth-order valence-electron chi connectivity index (χ4n) is 1.65. The van der Waals surface area contributed by atoms with Gasteiger partial charge in [0.05, 0.1) is 0 Å². The highest BCUT2D eigenvalue weighted by Crippen LogP contribution is 2.23. The highest BCUT2D eigenvalue weighted by atomic mass is 35.5. The van der Waals surface area contributed by atoms with E-state index in [-0.39, 0.29) is 23.7 Å². The minimum Gasteiger partial charge on any atom is -0.369 e. The van der Waals surface area contributed by atoms with Crippen molar-refractivity contribution in [3.05, 3.63) is 0 Å². The van der Waals surface area contributed by atoms with Crippen molar-refractivity contribution in [2.24, 2.45) is 11.1 Å². The highest BCUT2D eigenvalue weighted by molar-refractivity contribution is 5.85. The summed E-state index contributed by atoms with van der Waals surface area (Å²) in [4.78, 5) is 11.0. The van der Waals surface area contributed by atoms with E-state index in [0.29, 0.717) is 0 Å². The maximum Gasteiger partial charge on any atom is 0.223 e. The van der Waals surface area contributed by atoms with Crippen LogP contribution >= 0.6 is 12.4 Å². The molecule has 0 aliphatic heterocycles. The normalized spacial score (nSPS) is 10.9. The van der Waals surface area contributed by atoms with Crippen LogP contribution < -0.4 is 5.73 Å². The van der Waals surface area contributed by atoms with Gasteiger partial charge < -0.3 is 5.73 Å². The van der Waals surface area contributed by atoms with Crippen molar-refractivity contribution in [3.63, 3.8) is 0 Å². The van der Waals surface area contributed by atoms with Gasteiger partial charge in [-0.25, -0.2) is 0 Å². The lowest BCUT2D eigenvalue weighted by molar-refractivity contribution is -0.126. The van der Waals surface area contributed by atoms with E-state index < -0.39 is 0 Å². The Labute approximate surface area is 107 Å². The third-order valence-corrected chi connectivity index (χ3v) is 3.07. The summed E-state index contributed by atoms with van der Waals surface area (Å²) in [6, 6.07) is 0. The summed E-state index contributed by atoms with van der Waals surface area (Å²) in [7, 11) is 0. The van der Waals surface area contributed by atoms with E-state index in [0.717, 1.165) is 12.8 Å². The van der Waals surface area contributed by atoms with Crippen LogP contribution in [0.3, 0.4) is 0 Å². The van der Waals surface area contributed by atoms with Crippen LogP contribution in [0.25, 0.3) is 0 Å². The summed E-state index contributed by atoms with van der Waals surface area (Å²) >= 11 is 0. The molecule has 0 rings (SSSR count). The fourth-order valence-corrected chi connectivity index (χ4v) is 1.65. The minimum absolute atomic E-state index is 0. The van der Waals surface area contributed by atoms with Gasteiger partial charge in [-0.15, -0.1) is 12.4 Å². The molecule has 1 amide bonds. The number of amides is 1. The number of nitrogens with two attached hydrogens (primary N) is 1. The molecule has 0 aromatic carbocycles. The molecule has 2 N–H and O–H groups in total. The Bertz CT molecular complexity index is 181. The Morgan fingerprint density at radius 3 is 1.88 bits per heavy atom. The van der Waals surface area contributed by atoms with Gasteiger partial charge in [0.1, 0.15) is 0 Å². The standard InChI is InChI=1S/C13H27NO.ClH/c1-4-5-6-7-8-9-10-11-13(2,3)12(14)15;/h4-11H2,1-3H3,(H2,14,15);1H. The van der Waals surface area contributed by atoms with Crippen molar-refractivity contribution in [2.45, 2.75) is 72.1 Å². The number of carbonyl (C=O) groups is 1. The number of hydrogen-bond acceptors (Lipinski definition) is 1. The molecular formula is C13H28ClNO. The number of halogens is 1. The zero-order chi connectivity index (χ0) is 11.7. The molecule has 0 spiro atoms. The van der Waals surface area contributed by atoms with Crippen LogP contribution in [0.4, 0.5) is 0 Å². The van der Waals surface area contributed by atoms with Gasteiger partial charge in [-0.2, -0.15) is 0 Å². The smallest absolute Gasteiger partial charge is 0.223 e. The first-order chi connectivity index (χ1) is 7.00. The molecule has 0 aromatic heterocycles. The largest absolute Gasteiger partial charge is 0.369 e. The van der Waals surface area contributed by atoms with Crippen molar-refractivity contribution in [2.75, 3.05) is 0 Å². The average Bonchev–Trinajstić information content (AvgIpc) is 2.16. The molecular weight excluding hydrogens is 222 g/mol. The van der Waals surface area contributed by atoms with Gasteiger partial charge in [0.25, 0.3) is 0 Å². The molecule has 0 fully saturated rings. The molecule has 16 heavy (non-hydrogen) atoms. The Hall–Kier alpha value is -0.240. The van der Waals surface area contributed by atoms with Gasteiger partial charge >= 0.3 is 0 Å². The summed E-state index contributed by atoms with van der Waals surface area (Å²) in [6.45, 7) is 6.11. The molecule has 98 valence electrons. The van der Waals surface area contributed by atoms with Crippen molar-refractivity contribution >= 4 is 18.3 Å². The maximum atomic E-state index is 11.0. The summed E-state index contributed by atoms with van der Waals surface area (Å²) in [5, 5.41) is 0. The highest BCUT2D eigenvalue weighted by Gasteiger charge is 2.23. The number of unbranched alkanes of at least 4 members (excludes halogenated alkanes) is 6. The van der Waals surface area contributed by atoms with E-state index in [1.807, 2.05) is 13.8 Å². The SMILES string of the molecule is CCCCCCCCCC(C)(C)C(N)=O.Cl. The van der Waals surface area contributed by atoms with Crippen molar-refractivity contribution in [3.8, 4) is 0 Å². The van der Waals surface area contributed by atoms with E-state index in [2.05, 4.69) is 6.92 Å². The molecule has 0 saturated carbocycles. The molecule has 0 aliphatic rings. The first-order valence-electron chi connectivity index (χ1n) is 6.30. The average molecular weight is 250 g/mol. The lowest BCUT2D eigenvalue weighted by Gasteiger charge is -2.19. The quantitative estimate of drug-likeness (QED) is 0.616. The molecule has 0 radical (unpaired) electrons. The van der Waals surface area contributed by atoms with Crippen LogP contribution in [0.5, 0.6) is 0 Å². The van der Waals surface area contributed by atoms with Crippen LogP contribution in [0.15, 0.2) is 0 Å². The molecule has 0 heterocycles. The van der Waals surface area contributed by atoms with Crippen LogP contribution in [0.2, 0.25) is 0 Å². The Morgan fingerprint density at radius 1 is 1.00 bits per heavy atom. The molecule has 3 heteroatoms. The second-order valence-electron chi connectivity index (χ2n) is 5.12. The number of hydrogen-bond donors (Lipinski definition) is 1. The van der Waals surface area contributed by atoms with Crippen LogP contribution in [-0.4, -0.2) is 5.91 Å². The molecule has 0 aromatic rings. The summed E-state index contributed by atoms with van der Waals surface area (Å²) in [6.07, 6.45) is 9.94. The molecule has 0 aliphatic carbocycles. The summed E-state index contributed by atoms with van der Waals surface area (Å²) in [5.74, 6) is -0.173. The Morgan fingerprint density at radius 2 is 1.44 bits per heavy atom. The molecule has 0 saturated heterocycles. The van der Waals surface area contributed by atoms with Crippen molar-refractivity contribution in [1.82, 2.24) is 0 Å². The van der Waals surface area contributed by atoms with E-state index >= 15 is 0 Å². The monoisotopic (exact) mass is 249 g/mol. The zero-order valence-corrected chi connectivity index (χ0v) is 11.9. The van der Waals surface area contributed by atoms with E-state index in [1.54, 1.807) is 0 Å². The van der Waals surface area contributed by atoms with E-state index in [9.17, 15) is 4.79 Å². The van der Waals surface area contributed by atoms with E-state index in [4.69, 9.17) is 5.73 Å². The Balaban J connectivity index is 0. The first kappa shape index (κ1) is 18.1. The van der Waals surface area contributed by atoms with Gasteiger partial charge in [-0.3, -0.25) is 4.79 Å². The second-order valence-corrected chi connectivity index (χ2v) is 5.12. The lowest BCUT2D eigenvalue weighted by Crippen LogP contribution is -2.31. The summed E-state index contributed by atoms with van der Waals surface area (Å²) in [5.41, 5.74) is 5.00. The third-order valence-electron chi connectivity index (χ3n) is 3.07. The fraction of sp³-hybridized carbons (Fsp3) is 0.923. The third kappa shape index (κ3) is 9.02. The van der Waals surface area contributed by atoms with Crippen molar-refractivity contribution < 1.29 is 4.79 Å². The number of primary amides is 1. The predicted octanol–water partition coefficient (Wildman–Crippen LogP) is 4.06. The van der Waals surface area contributed by atoms with Gasteiger partial charge in [0.2, 0.25) is 5.91 Å². The first-order valence-corrected chi connectivity index (χ1v) is 6.30. The van der Waals surface area contributed by atoms with E-state index in [1.165, 1.54) is 38.5 Å². The molecule has 0 unspecified atom stereocenters. The van der Waals surface area contributed by atoms with Gasteiger partial charge in [0.15, 0.2) is 0 Å². The molecule has 0 bridgehead atoms. The Kier molecular flexibility index (Phi) is 11.3.